The Hall–Kier alpha value is -3.51. The molecular formula is C33H39N3O5. The van der Waals surface area contributed by atoms with Gasteiger partial charge in [-0.25, -0.2) is 4.98 Å². The number of oxazole rings is 1. The summed E-state index contributed by atoms with van der Waals surface area (Å²) in [6.07, 6.45) is 9.88. The lowest BCUT2D eigenvalue weighted by atomic mass is 9.73. The average Bonchev–Trinajstić information content (AvgIpc) is 3.50. The molecule has 1 N–H and O–H groups in total. The number of carboxylic acid groups (broad SMARTS) is 1. The number of nitriles is 1. The Morgan fingerprint density at radius 1 is 1.07 bits per heavy atom. The van der Waals surface area contributed by atoms with E-state index in [1.54, 1.807) is 0 Å². The second kappa shape index (κ2) is 13.0. The van der Waals surface area contributed by atoms with E-state index < -0.39 is 12.1 Å². The topological polar surface area (TPSA) is 119 Å². The zero-order valence-corrected chi connectivity index (χ0v) is 23.5. The Labute approximate surface area is 241 Å². The van der Waals surface area contributed by atoms with Gasteiger partial charge in [-0.05, 0) is 36.1 Å². The van der Waals surface area contributed by atoms with Crippen molar-refractivity contribution in [2.24, 2.45) is 11.8 Å². The highest BCUT2D eigenvalue weighted by Crippen LogP contribution is 2.44. The molecule has 4 heterocycles. The van der Waals surface area contributed by atoms with Crippen LogP contribution in [-0.4, -0.2) is 46.8 Å². The van der Waals surface area contributed by atoms with Crippen LogP contribution in [0.1, 0.15) is 73.3 Å². The van der Waals surface area contributed by atoms with Crippen molar-refractivity contribution in [2.45, 2.75) is 69.8 Å². The van der Waals surface area contributed by atoms with Crippen molar-refractivity contribution in [1.29, 1.82) is 5.26 Å². The van der Waals surface area contributed by atoms with Crippen LogP contribution in [0.3, 0.4) is 0 Å². The van der Waals surface area contributed by atoms with Gasteiger partial charge in [0.2, 0.25) is 5.89 Å². The summed E-state index contributed by atoms with van der Waals surface area (Å²) >= 11 is 0. The number of benzene rings is 2. The van der Waals surface area contributed by atoms with Crippen LogP contribution in [0.4, 0.5) is 0 Å². The number of carbonyl (C=O) groups is 1. The first-order chi connectivity index (χ1) is 20.0. The molecule has 41 heavy (non-hydrogen) atoms. The molecule has 1 aliphatic carbocycles. The molecule has 1 aromatic heterocycles. The van der Waals surface area contributed by atoms with E-state index >= 15 is 0 Å². The standard InChI is InChI=1S/C32H38N3O3.CH2O2/c33-19-24-11-13-25(14-12-24)23-37-30-22-35(17-15-26(30)16-18-35)21-29-20-34-31(38-29)32(36,27-7-3-1-4-8-27)28-9-5-2-6-10-28;2-1-3/h1,3-4,7-8,11-14,20,26,28,30,36H,2,5-6,9-10,15-18,21-23H2;1H,(H,2,3)/q+1;/p-1/t26?,30-,32-,35?;/m0./s1. The Morgan fingerprint density at radius 2 is 1.76 bits per heavy atom. The van der Waals surface area contributed by atoms with Crippen LogP contribution in [0.2, 0.25) is 0 Å². The average molecular weight is 558 g/mol. The van der Waals surface area contributed by atoms with Gasteiger partial charge in [0.15, 0.2) is 11.4 Å². The molecule has 216 valence electrons. The maximum Gasteiger partial charge on any atom is 0.231 e. The van der Waals surface area contributed by atoms with Crippen LogP contribution < -0.4 is 5.11 Å². The number of aromatic nitrogens is 1. The van der Waals surface area contributed by atoms with Crippen molar-refractivity contribution in [2.75, 3.05) is 19.6 Å². The first-order valence-corrected chi connectivity index (χ1v) is 14.7. The SMILES string of the molecule is N#Cc1ccc(CO[C@H]2C[N+]3(Cc4cnc([C@](O)(c5ccccc5)C5CCCCC5)o4)CCC2CC3)cc1.O=C[O-]. The first-order valence-electron chi connectivity index (χ1n) is 14.7. The summed E-state index contributed by atoms with van der Waals surface area (Å²) in [7, 11) is 0. The normalized spacial score (nSPS) is 25.4. The summed E-state index contributed by atoms with van der Waals surface area (Å²) in [4.78, 5) is 13.0. The highest BCUT2D eigenvalue weighted by Gasteiger charge is 2.48. The van der Waals surface area contributed by atoms with Gasteiger partial charge in [-0.15, -0.1) is 0 Å². The molecule has 8 heteroatoms. The zero-order chi connectivity index (χ0) is 28.7. The van der Waals surface area contributed by atoms with Crippen LogP contribution in [0.15, 0.2) is 65.2 Å². The quantitative estimate of drug-likeness (QED) is 0.328. The molecule has 1 saturated carbocycles. The summed E-state index contributed by atoms with van der Waals surface area (Å²) in [5.41, 5.74) is 1.47. The number of rotatable bonds is 8. The third-order valence-electron chi connectivity index (χ3n) is 9.37. The van der Waals surface area contributed by atoms with Crippen molar-refractivity contribution < 1.29 is 28.6 Å². The molecule has 0 radical (unpaired) electrons. The molecule has 0 amide bonds. The summed E-state index contributed by atoms with van der Waals surface area (Å²) < 4.78 is 13.9. The summed E-state index contributed by atoms with van der Waals surface area (Å²) in [6.45, 7) is 4.09. The number of quaternary nitrogens is 1. The Morgan fingerprint density at radius 3 is 2.41 bits per heavy atom. The van der Waals surface area contributed by atoms with Crippen LogP contribution in [0.5, 0.6) is 0 Å². The number of nitrogens with zero attached hydrogens (tertiary/aromatic N) is 3. The fraction of sp³-hybridized carbons (Fsp3) is 0.485. The summed E-state index contributed by atoms with van der Waals surface area (Å²) in [5, 5.41) is 29.5. The monoisotopic (exact) mass is 557 g/mol. The third kappa shape index (κ3) is 6.38. The van der Waals surface area contributed by atoms with E-state index in [9.17, 15) is 5.11 Å². The van der Waals surface area contributed by atoms with Gasteiger partial charge in [0, 0.05) is 31.1 Å². The predicted molar refractivity (Wildman–Crippen MR) is 150 cm³/mol. The van der Waals surface area contributed by atoms with Gasteiger partial charge >= 0.3 is 0 Å². The summed E-state index contributed by atoms with van der Waals surface area (Å²) in [6, 6.07) is 19.8. The van der Waals surface area contributed by atoms with Crippen LogP contribution in [0, 0.1) is 23.2 Å². The molecular weight excluding hydrogens is 518 g/mol. The van der Waals surface area contributed by atoms with Gasteiger partial charge in [-0.3, -0.25) is 0 Å². The zero-order valence-electron chi connectivity index (χ0n) is 23.5. The third-order valence-corrected chi connectivity index (χ3v) is 9.37. The fourth-order valence-corrected chi connectivity index (χ4v) is 7.14. The highest BCUT2D eigenvalue weighted by molar-refractivity contribution is 5.32. The lowest BCUT2D eigenvalue weighted by Crippen LogP contribution is -2.63. The van der Waals surface area contributed by atoms with Gasteiger partial charge in [-0.1, -0.05) is 61.7 Å². The molecule has 3 saturated heterocycles. The molecule has 2 bridgehead atoms. The second-order valence-corrected chi connectivity index (χ2v) is 11.8. The number of fused-ring (bicyclic) bond motifs is 3. The van der Waals surface area contributed by atoms with Crippen molar-refractivity contribution in [3.8, 4) is 6.07 Å². The van der Waals surface area contributed by atoms with E-state index in [1.807, 2.05) is 60.8 Å². The number of aliphatic hydroxyl groups is 1. The largest absolute Gasteiger partial charge is 0.554 e. The molecule has 2 aromatic carbocycles. The Kier molecular flexibility index (Phi) is 9.19. The maximum absolute atomic E-state index is 12.2. The minimum atomic E-state index is -1.19. The first kappa shape index (κ1) is 29.0. The molecule has 7 rings (SSSR count). The van der Waals surface area contributed by atoms with Crippen LogP contribution in [-0.2, 0) is 28.3 Å². The van der Waals surface area contributed by atoms with Gasteiger partial charge < -0.3 is 28.6 Å². The van der Waals surface area contributed by atoms with Crippen molar-refractivity contribution in [1.82, 2.24) is 4.98 Å². The van der Waals surface area contributed by atoms with E-state index in [4.69, 9.17) is 29.3 Å². The Balaban J connectivity index is 0.00000108. The summed E-state index contributed by atoms with van der Waals surface area (Å²) in [5.74, 6) is 2.02. The number of piperidine rings is 3. The minimum absolute atomic E-state index is 0.114. The van der Waals surface area contributed by atoms with Crippen LogP contribution >= 0.6 is 0 Å². The molecule has 0 unspecified atom stereocenters. The lowest BCUT2D eigenvalue weighted by molar-refractivity contribution is -0.959. The molecule has 0 spiro atoms. The number of hydrogen-bond acceptors (Lipinski definition) is 7. The predicted octanol–water partition coefficient (Wildman–Crippen LogP) is 4.05. The van der Waals surface area contributed by atoms with Gasteiger partial charge in [0.05, 0.1) is 37.5 Å². The van der Waals surface area contributed by atoms with Crippen molar-refractivity contribution in [3.05, 3.63) is 89.1 Å². The molecule has 8 nitrogen and oxygen atoms in total. The van der Waals surface area contributed by atoms with E-state index in [0.717, 1.165) is 86.1 Å². The van der Waals surface area contributed by atoms with Gasteiger partial charge in [0.1, 0.15) is 19.2 Å². The number of ether oxygens (including phenoxy) is 1. The van der Waals surface area contributed by atoms with E-state index in [-0.39, 0.29) is 12.0 Å². The smallest absolute Gasteiger partial charge is 0.231 e. The van der Waals surface area contributed by atoms with E-state index in [1.165, 1.54) is 6.42 Å². The molecule has 3 aliphatic heterocycles. The van der Waals surface area contributed by atoms with Gasteiger partial charge in [-0.2, -0.15) is 5.26 Å². The van der Waals surface area contributed by atoms with Crippen molar-refractivity contribution in [3.63, 3.8) is 0 Å². The Bertz CT molecular complexity index is 1300. The van der Waals surface area contributed by atoms with E-state index in [0.29, 0.717) is 24.0 Å². The van der Waals surface area contributed by atoms with Gasteiger partial charge in [0.25, 0.3) is 0 Å². The van der Waals surface area contributed by atoms with Crippen molar-refractivity contribution >= 4 is 6.47 Å². The molecule has 2 atom stereocenters. The number of carbonyl (C=O) groups excluding carboxylic acids is 1. The van der Waals surface area contributed by atoms with E-state index in [2.05, 4.69) is 6.07 Å². The minimum Gasteiger partial charge on any atom is -0.554 e. The molecule has 4 aliphatic rings. The fourth-order valence-electron chi connectivity index (χ4n) is 7.14. The molecule has 4 fully saturated rings. The second-order valence-electron chi connectivity index (χ2n) is 11.8. The highest BCUT2D eigenvalue weighted by atomic mass is 16.5. The molecule has 3 aromatic rings. The lowest BCUT2D eigenvalue weighted by Gasteiger charge is -2.52. The maximum atomic E-state index is 12.2. The van der Waals surface area contributed by atoms with Crippen LogP contribution in [0.25, 0.3) is 0 Å². The number of hydrogen-bond donors (Lipinski definition) is 1.